The molecule has 0 saturated heterocycles. The summed E-state index contributed by atoms with van der Waals surface area (Å²) in [5.74, 6) is -0.375. The summed E-state index contributed by atoms with van der Waals surface area (Å²) < 4.78 is 0. The van der Waals surface area contributed by atoms with Gasteiger partial charge in [-0.1, -0.05) is 24.3 Å². The Morgan fingerprint density at radius 1 is 1.18 bits per heavy atom. The van der Waals surface area contributed by atoms with Crippen molar-refractivity contribution in [3.8, 4) is 0 Å². The van der Waals surface area contributed by atoms with E-state index in [1.165, 1.54) is 13.8 Å². The van der Waals surface area contributed by atoms with E-state index in [0.717, 1.165) is 5.56 Å². The van der Waals surface area contributed by atoms with Crippen molar-refractivity contribution in [3.63, 3.8) is 0 Å². The van der Waals surface area contributed by atoms with Crippen LogP contribution in [0.4, 0.5) is 4.79 Å². The maximum Gasteiger partial charge on any atom is 0.405 e. The van der Waals surface area contributed by atoms with Crippen LogP contribution in [0.1, 0.15) is 43.6 Å². The van der Waals surface area contributed by atoms with Gasteiger partial charge in [0, 0.05) is 11.1 Å². The van der Waals surface area contributed by atoms with Gasteiger partial charge in [-0.25, -0.2) is 4.79 Å². The van der Waals surface area contributed by atoms with Gasteiger partial charge >= 0.3 is 6.09 Å². The predicted molar refractivity (Wildman–Crippen MR) is 83.0 cm³/mol. The number of carbonyl (C=O) groups is 3. The number of hydrogen-bond donors (Lipinski definition) is 3. The van der Waals surface area contributed by atoms with Gasteiger partial charge in [0.2, 0.25) is 5.91 Å². The SMILES string of the molecule is CC(=O)c1ccc(CC(C)(C)NC(=O)C(C)NC(=O)O)cc1. The van der Waals surface area contributed by atoms with E-state index in [4.69, 9.17) is 5.11 Å². The van der Waals surface area contributed by atoms with E-state index in [9.17, 15) is 14.4 Å². The highest BCUT2D eigenvalue weighted by Crippen LogP contribution is 2.14. The van der Waals surface area contributed by atoms with Crippen LogP contribution in [0.15, 0.2) is 24.3 Å². The number of carboxylic acid groups (broad SMARTS) is 1. The molecular formula is C16H22N2O4. The maximum atomic E-state index is 11.9. The van der Waals surface area contributed by atoms with E-state index in [1.54, 1.807) is 12.1 Å². The molecule has 1 rings (SSSR count). The summed E-state index contributed by atoms with van der Waals surface area (Å²) >= 11 is 0. The Morgan fingerprint density at radius 2 is 1.73 bits per heavy atom. The van der Waals surface area contributed by atoms with Gasteiger partial charge < -0.3 is 15.7 Å². The van der Waals surface area contributed by atoms with E-state index in [2.05, 4.69) is 10.6 Å². The van der Waals surface area contributed by atoms with Crippen LogP contribution in [0, 0.1) is 0 Å². The normalized spacial score (nSPS) is 12.4. The molecule has 3 N–H and O–H groups in total. The zero-order valence-electron chi connectivity index (χ0n) is 13.3. The molecule has 1 aromatic carbocycles. The lowest BCUT2D eigenvalue weighted by molar-refractivity contribution is -0.124. The smallest absolute Gasteiger partial charge is 0.405 e. The predicted octanol–water partition coefficient (Wildman–Crippen LogP) is 1.98. The topological polar surface area (TPSA) is 95.5 Å². The molecule has 0 aliphatic heterocycles. The van der Waals surface area contributed by atoms with Crippen LogP contribution in [0.2, 0.25) is 0 Å². The van der Waals surface area contributed by atoms with Gasteiger partial charge in [-0.05, 0) is 39.7 Å². The Labute approximate surface area is 129 Å². The molecule has 0 fully saturated rings. The molecule has 2 amide bonds. The average Bonchev–Trinajstić information content (AvgIpc) is 2.37. The lowest BCUT2D eigenvalue weighted by Gasteiger charge is -2.28. The lowest BCUT2D eigenvalue weighted by Crippen LogP contribution is -2.52. The summed E-state index contributed by atoms with van der Waals surface area (Å²) in [4.78, 5) is 33.7. The molecule has 0 aliphatic carbocycles. The zero-order chi connectivity index (χ0) is 16.9. The van der Waals surface area contributed by atoms with E-state index >= 15 is 0 Å². The van der Waals surface area contributed by atoms with E-state index in [0.29, 0.717) is 12.0 Å². The Morgan fingerprint density at radius 3 is 2.18 bits per heavy atom. The summed E-state index contributed by atoms with van der Waals surface area (Å²) in [5, 5.41) is 13.5. The number of rotatable bonds is 6. The molecule has 0 radical (unpaired) electrons. The highest BCUT2D eigenvalue weighted by molar-refractivity contribution is 5.94. The number of hydrogen-bond acceptors (Lipinski definition) is 3. The Bertz CT molecular complexity index is 564. The molecule has 0 bridgehead atoms. The fraction of sp³-hybridized carbons (Fsp3) is 0.438. The van der Waals surface area contributed by atoms with Crippen molar-refractivity contribution in [2.45, 2.75) is 45.7 Å². The molecule has 0 aliphatic rings. The first-order valence-corrected chi connectivity index (χ1v) is 7.02. The molecule has 6 nitrogen and oxygen atoms in total. The number of amides is 2. The molecule has 0 spiro atoms. The van der Waals surface area contributed by atoms with Crippen LogP contribution in [-0.4, -0.2) is 34.5 Å². The van der Waals surface area contributed by atoms with Crippen LogP contribution in [0.5, 0.6) is 0 Å². The van der Waals surface area contributed by atoms with Gasteiger partial charge in [-0.15, -0.1) is 0 Å². The average molecular weight is 306 g/mol. The minimum Gasteiger partial charge on any atom is -0.465 e. The van der Waals surface area contributed by atoms with Crippen molar-refractivity contribution >= 4 is 17.8 Å². The minimum atomic E-state index is -1.24. The van der Waals surface area contributed by atoms with Crippen molar-refractivity contribution < 1.29 is 19.5 Å². The highest BCUT2D eigenvalue weighted by Gasteiger charge is 2.24. The second-order valence-electron chi connectivity index (χ2n) is 5.97. The summed E-state index contributed by atoms with van der Waals surface area (Å²) in [6.45, 7) is 6.71. The summed E-state index contributed by atoms with van der Waals surface area (Å²) in [6, 6.07) is 6.39. The van der Waals surface area contributed by atoms with Crippen molar-refractivity contribution in [1.82, 2.24) is 10.6 Å². The van der Waals surface area contributed by atoms with Gasteiger partial charge in [-0.3, -0.25) is 9.59 Å². The summed E-state index contributed by atoms with van der Waals surface area (Å²) in [5.41, 5.74) is 1.09. The molecular weight excluding hydrogens is 284 g/mol. The lowest BCUT2D eigenvalue weighted by atomic mass is 9.93. The zero-order valence-corrected chi connectivity index (χ0v) is 13.3. The Kier molecular flexibility index (Phi) is 5.68. The third kappa shape index (κ3) is 5.55. The minimum absolute atomic E-state index is 0.00711. The fourth-order valence-electron chi connectivity index (χ4n) is 2.10. The Balaban J connectivity index is 2.68. The van der Waals surface area contributed by atoms with E-state index < -0.39 is 17.7 Å². The molecule has 0 saturated carbocycles. The van der Waals surface area contributed by atoms with Gasteiger partial charge in [0.15, 0.2) is 5.78 Å². The number of Topliss-reactive ketones (excluding diaryl/α,β-unsaturated/α-hetero) is 1. The van der Waals surface area contributed by atoms with E-state index in [1.807, 2.05) is 26.0 Å². The van der Waals surface area contributed by atoms with Crippen molar-refractivity contribution in [2.24, 2.45) is 0 Å². The van der Waals surface area contributed by atoms with Crippen LogP contribution >= 0.6 is 0 Å². The molecule has 1 unspecified atom stereocenters. The van der Waals surface area contributed by atoms with Crippen molar-refractivity contribution in [1.29, 1.82) is 0 Å². The molecule has 0 aromatic heterocycles. The van der Waals surface area contributed by atoms with E-state index in [-0.39, 0.29) is 11.7 Å². The van der Waals surface area contributed by atoms with Crippen LogP contribution in [0.3, 0.4) is 0 Å². The molecule has 6 heteroatoms. The molecule has 22 heavy (non-hydrogen) atoms. The molecule has 120 valence electrons. The largest absolute Gasteiger partial charge is 0.465 e. The highest BCUT2D eigenvalue weighted by atomic mass is 16.4. The van der Waals surface area contributed by atoms with Gasteiger partial charge in [0.05, 0.1) is 0 Å². The van der Waals surface area contributed by atoms with Crippen LogP contribution < -0.4 is 10.6 Å². The van der Waals surface area contributed by atoms with Gasteiger partial charge in [-0.2, -0.15) is 0 Å². The van der Waals surface area contributed by atoms with Crippen LogP contribution in [0.25, 0.3) is 0 Å². The third-order valence-electron chi connectivity index (χ3n) is 3.20. The first-order valence-electron chi connectivity index (χ1n) is 7.02. The number of ketones is 1. The number of nitrogens with one attached hydrogen (secondary N) is 2. The van der Waals surface area contributed by atoms with Gasteiger partial charge in [0.25, 0.3) is 0 Å². The van der Waals surface area contributed by atoms with Crippen molar-refractivity contribution in [3.05, 3.63) is 35.4 Å². The standard InChI is InChI=1S/C16H22N2O4/c1-10(17-15(21)22)14(20)18-16(3,4)9-12-5-7-13(8-6-12)11(2)19/h5-8,10,17H,9H2,1-4H3,(H,18,20)(H,21,22). The van der Waals surface area contributed by atoms with Crippen LogP contribution in [-0.2, 0) is 11.2 Å². The maximum absolute atomic E-state index is 11.9. The first-order chi connectivity index (χ1) is 10.1. The second kappa shape index (κ2) is 7.06. The quantitative estimate of drug-likeness (QED) is 0.700. The monoisotopic (exact) mass is 306 g/mol. The van der Waals surface area contributed by atoms with Gasteiger partial charge in [0.1, 0.15) is 6.04 Å². The number of benzene rings is 1. The molecule has 0 heterocycles. The fourth-order valence-corrected chi connectivity index (χ4v) is 2.10. The van der Waals surface area contributed by atoms with Crippen molar-refractivity contribution in [2.75, 3.05) is 0 Å². The Hall–Kier alpha value is -2.37. The number of carbonyl (C=O) groups excluding carboxylic acids is 2. The third-order valence-corrected chi connectivity index (χ3v) is 3.20. The molecule has 1 atom stereocenters. The molecule has 1 aromatic rings. The second-order valence-corrected chi connectivity index (χ2v) is 5.97. The summed E-state index contributed by atoms with van der Waals surface area (Å²) in [6.07, 6.45) is -0.670. The summed E-state index contributed by atoms with van der Waals surface area (Å²) in [7, 11) is 0. The first kappa shape index (κ1) is 17.7.